The summed E-state index contributed by atoms with van der Waals surface area (Å²) in [5.41, 5.74) is 7.24. The van der Waals surface area contributed by atoms with Gasteiger partial charge in [-0.3, -0.25) is 4.79 Å². The van der Waals surface area contributed by atoms with Gasteiger partial charge in [-0.05, 0) is 38.0 Å². The van der Waals surface area contributed by atoms with Crippen molar-refractivity contribution in [2.24, 2.45) is 5.41 Å². The van der Waals surface area contributed by atoms with Crippen molar-refractivity contribution in [1.82, 2.24) is 0 Å². The molecular weight excluding hydrogens is 224 g/mol. The van der Waals surface area contributed by atoms with Gasteiger partial charge < -0.3 is 10.6 Å². The molecule has 0 aliphatic heterocycles. The van der Waals surface area contributed by atoms with Gasteiger partial charge in [0.05, 0.1) is 0 Å². The molecule has 0 radical (unpaired) electrons. The molecule has 1 saturated carbocycles. The van der Waals surface area contributed by atoms with Crippen molar-refractivity contribution in [2.75, 3.05) is 17.2 Å². The van der Waals surface area contributed by atoms with Crippen LogP contribution in [0.1, 0.15) is 39.5 Å². The molecule has 0 atom stereocenters. The van der Waals surface area contributed by atoms with Crippen LogP contribution in [0.3, 0.4) is 0 Å². The van der Waals surface area contributed by atoms with Crippen LogP contribution >= 0.6 is 0 Å². The maximum atomic E-state index is 12.7. The fraction of sp³-hybridized carbons (Fsp3) is 0.533. The number of rotatable bonds is 3. The highest BCUT2D eigenvalue weighted by Crippen LogP contribution is 2.40. The van der Waals surface area contributed by atoms with E-state index in [4.69, 9.17) is 5.73 Å². The van der Waals surface area contributed by atoms with Gasteiger partial charge in [0.1, 0.15) is 0 Å². The molecule has 1 aromatic rings. The van der Waals surface area contributed by atoms with Gasteiger partial charge in [0.15, 0.2) is 0 Å². The number of hydrogen-bond donors (Lipinski definition) is 1. The minimum atomic E-state index is -0.180. The highest BCUT2D eigenvalue weighted by Gasteiger charge is 2.39. The van der Waals surface area contributed by atoms with Crippen LogP contribution in [0.5, 0.6) is 0 Å². The summed E-state index contributed by atoms with van der Waals surface area (Å²) in [6.45, 7) is 4.80. The molecule has 0 unspecified atom stereocenters. The lowest BCUT2D eigenvalue weighted by Gasteiger charge is -2.31. The Balaban J connectivity index is 2.26. The zero-order valence-corrected chi connectivity index (χ0v) is 11.3. The Hall–Kier alpha value is -1.51. The monoisotopic (exact) mass is 246 g/mol. The number of carbonyl (C=O) groups excluding carboxylic acids is 1. The molecule has 3 heteroatoms. The standard InChI is InChI=1S/C15H22N2O/c1-3-17(13-8-6-7-12(16)11-13)14(18)15(2)9-4-5-10-15/h6-8,11H,3-5,9-10,16H2,1-2H3. The normalized spacial score (nSPS) is 17.7. The number of benzene rings is 1. The van der Waals surface area contributed by atoms with Crippen molar-refractivity contribution in [3.63, 3.8) is 0 Å². The SMILES string of the molecule is CCN(C(=O)C1(C)CCCC1)c1cccc(N)c1. The van der Waals surface area contributed by atoms with Crippen LogP contribution in [0, 0.1) is 5.41 Å². The molecule has 18 heavy (non-hydrogen) atoms. The molecule has 1 fully saturated rings. The van der Waals surface area contributed by atoms with E-state index in [1.54, 1.807) is 0 Å². The van der Waals surface area contributed by atoms with E-state index in [1.165, 1.54) is 0 Å². The second kappa shape index (κ2) is 5.01. The summed E-state index contributed by atoms with van der Waals surface area (Å²) in [5, 5.41) is 0. The van der Waals surface area contributed by atoms with Crippen LogP contribution in [-0.4, -0.2) is 12.5 Å². The van der Waals surface area contributed by atoms with Crippen LogP contribution in [-0.2, 0) is 4.79 Å². The molecule has 0 heterocycles. The number of hydrogen-bond acceptors (Lipinski definition) is 2. The van der Waals surface area contributed by atoms with Gasteiger partial charge in [0.2, 0.25) is 5.91 Å². The van der Waals surface area contributed by atoms with Gasteiger partial charge in [-0.2, -0.15) is 0 Å². The summed E-state index contributed by atoms with van der Waals surface area (Å²) in [7, 11) is 0. The minimum Gasteiger partial charge on any atom is -0.399 e. The maximum absolute atomic E-state index is 12.7. The predicted molar refractivity (Wildman–Crippen MR) is 75.5 cm³/mol. The van der Waals surface area contributed by atoms with E-state index in [2.05, 4.69) is 6.92 Å². The van der Waals surface area contributed by atoms with Gasteiger partial charge in [-0.25, -0.2) is 0 Å². The molecule has 1 amide bonds. The van der Waals surface area contributed by atoms with Crippen molar-refractivity contribution < 1.29 is 4.79 Å². The summed E-state index contributed by atoms with van der Waals surface area (Å²) in [6.07, 6.45) is 4.34. The lowest BCUT2D eigenvalue weighted by atomic mass is 9.87. The van der Waals surface area contributed by atoms with Crippen molar-refractivity contribution >= 4 is 17.3 Å². The summed E-state index contributed by atoms with van der Waals surface area (Å²) in [5.74, 6) is 0.244. The van der Waals surface area contributed by atoms with Gasteiger partial charge in [0.25, 0.3) is 0 Å². The Morgan fingerprint density at radius 3 is 2.61 bits per heavy atom. The minimum absolute atomic E-state index is 0.180. The molecule has 98 valence electrons. The van der Waals surface area contributed by atoms with E-state index in [0.29, 0.717) is 12.2 Å². The number of carbonyl (C=O) groups is 1. The Labute approximate surface area is 109 Å². The predicted octanol–water partition coefficient (Wildman–Crippen LogP) is 3.20. The van der Waals surface area contributed by atoms with Crippen molar-refractivity contribution in [3.05, 3.63) is 24.3 Å². The Morgan fingerprint density at radius 1 is 1.39 bits per heavy atom. The highest BCUT2D eigenvalue weighted by atomic mass is 16.2. The van der Waals surface area contributed by atoms with Gasteiger partial charge in [-0.1, -0.05) is 25.8 Å². The van der Waals surface area contributed by atoms with Crippen LogP contribution in [0.4, 0.5) is 11.4 Å². The molecule has 1 aromatic carbocycles. The lowest BCUT2D eigenvalue weighted by molar-refractivity contribution is -0.127. The number of anilines is 2. The van der Waals surface area contributed by atoms with Crippen LogP contribution in [0.25, 0.3) is 0 Å². The topological polar surface area (TPSA) is 46.3 Å². The summed E-state index contributed by atoms with van der Waals surface area (Å²) in [6, 6.07) is 7.58. The molecule has 0 aromatic heterocycles. The van der Waals surface area contributed by atoms with E-state index in [0.717, 1.165) is 31.4 Å². The quantitative estimate of drug-likeness (QED) is 0.832. The third-order valence-corrected chi connectivity index (χ3v) is 3.97. The average Bonchev–Trinajstić information content (AvgIpc) is 2.78. The molecule has 1 aliphatic rings. The lowest BCUT2D eigenvalue weighted by Crippen LogP contribution is -2.41. The number of nitrogens with zero attached hydrogens (tertiary/aromatic N) is 1. The summed E-state index contributed by atoms with van der Waals surface area (Å²) >= 11 is 0. The Bertz CT molecular complexity index is 436. The van der Waals surface area contributed by atoms with Crippen LogP contribution in [0.15, 0.2) is 24.3 Å². The van der Waals surface area contributed by atoms with Crippen LogP contribution in [0.2, 0.25) is 0 Å². The van der Waals surface area contributed by atoms with E-state index < -0.39 is 0 Å². The molecule has 2 rings (SSSR count). The van der Waals surface area contributed by atoms with Crippen molar-refractivity contribution in [3.8, 4) is 0 Å². The first kappa shape index (κ1) is 12.9. The molecule has 2 N–H and O–H groups in total. The van der Waals surface area contributed by atoms with E-state index in [9.17, 15) is 4.79 Å². The number of amides is 1. The van der Waals surface area contributed by atoms with E-state index in [-0.39, 0.29) is 11.3 Å². The second-order valence-electron chi connectivity index (χ2n) is 5.41. The van der Waals surface area contributed by atoms with Crippen LogP contribution < -0.4 is 10.6 Å². The zero-order valence-electron chi connectivity index (χ0n) is 11.3. The summed E-state index contributed by atoms with van der Waals surface area (Å²) in [4.78, 5) is 14.6. The van der Waals surface area contributed by atoms with E-state index in [1.807, 2.05) is 36.1 Å². The van der Waals surface area contributed by atoms with E-state index >= 15 is 0 Å². The van der Waals surface area contributed by atoms with Crippen molar-refractivity contribution in [1.29, 1.82) is 0 Å². The van der Waals surface area contributed by atoms with Gasteiger partial charge in [0, 0.05) is 23.3 Å². The first-order valence-electron chi connectivity index (χ1n) is 6.74. The first-order chi connectivity index (χ1) is 8.57. The molecular formula is C15H22N2O. The summed E-state index contributed by atoms with van der Waals surface area (Å²) < 4.78 is 0. The molecule has 0 spiro atoms. The van der Waals surface area contributed by atoms with Crippen molar-refractivity contribution in [2.45, 2.75) is 39.5 Å². The van der Waals surface area contributed by atoms with Gasteiger partial charge in [-0.15, -0.1) is 0 Å². The average molecular weight is 246 g/mol. The van der Waals surface area contributed by atoms with Gasteiger partial charge >= 0.3 is 0 Å². The first-order valence-corrected chi connectivity index (χ1v) is 6.74. The Kier molecular flexibility index (Phi) is 3.60. The molecule has 0 saturated heterocycles. The largest absolute Gasteiger partial charge is 0.399 e. The third-order valence-electron chi connectivity index (χ3n) is 3.97. The fourth-order valence-corrected chi connectivity index (χ4v) is 2.83. The fourth-order valence-electron chi connectivity index (χ4n) is 2.83. The highest BCUT2D eigenvalue weighted by molar-refractivity contribution is 5.97. The number of nitrogen functional groups attached to an aromatic ring is 1. The molecule has 0 bridgehead atoms. The second-order valence-corrected chi connectivity index (χ2v) is 5.41. The molecule has 3 nitrogen and oxygen atoms in total. The molecule has 1 aliphatic carbocycles. The Morgan fingerprint density at radius 2 is 2.06 bits per heavy atom. The zero-order chi connectivity index (χ0) is 13.2. The number of nitrogens with two attached hydrogens (primary N) is 1. The maximum Gasteiger partial charge on any atom is 0.232 e. The smallest absolute Gasteiger partial charge is 0.232 e. The third kappa shape index (κ3) is 2.35.